The summed E-state index contributed by atoms with van der Waals surface area (Å²) in [5.74, 6) is 0.274. The predicted octanol–water partition coefficient (Wildman–Crippen LogP) is 1.50. The molecule has 0 bridgehead atoms. The van der Waals surface area contributed by atoms with Crippen molar-refractivity contribution in [2.45, 2.75) is 11.0 Å². The Kier molecular flexibility index (Phi) is 4.93. The minimum absolute atomic E-state index is 0.228. The lowest BCUT2D eigenvalue weighted by atomic mass is 10.3. The van der Waals surface area contributed by atoms with E-state index in [1.807, 2.05) is 0 Å². The van der Waals surface area contributed by atoms with E-state index in [1.165, 1.54) is 17.8 Å². The molecule has 0 saturated heterocycles. The molecule has 78 valence electrons. The van der Waals surface area contributed by atoms with Gasteiger partial charge in [0.1, 0.15) is 5.82 Å². The average Bonchev–Trinajstić information content (AvgIpc) is 2.17. The van der Waals surface area contributed by atoms with E-state index in [0.29, 0.717) is 17.2 Å². The van der Waals surface area contributed by atoms with Crippen molar-refractivity contribution in [2.75, 3.05) is 19.3 Å². The molecule has 0 aliphatic heterocycles. The third-order valence-corrected chi connectivity index (χ3v) is 2.90. The quantitative estimate of drug-likeness (QED) is 0.730. The molecular formula is C10H14FNOS. The van der Waals surface area contributed by atoms with Gasteiger partial charge in [0.2, 0.25) is 0 Å². The van der Waals surface area contributed by atoms with Crippen molar-refractivity contribution in [1.82, 2.24) is 5.32 Å². The van der Waals surface area contributed by atoms with Crippen molar-refractivity contribution in [1.29, 1.82) is 0 Å². The van der Waals surface area contributed by atoms with Crippen LogP contribution in [0.5, 0.6) is 0 Å². The van der Waals surface area contributed by atoms with Crippen LogP contribution in [0, 0.1) is 5.82 Å². The Morgan fingerprint density at radius 1 is 1.50 bits per heavy atom. The van der Waals surface area contributed by atoms with Gasteiger partial charge < -0.3 is 10.4 Å². The number of benzene rings is 1. The standard InChI is InChI=1S/C10H14FNOS/c1-12-6-8(13)7-14-10-5-3-2-4-9(10)11/h2-5,8,12-13H,6-7H2,1H3. The van der Waals surface area contributed by atoms with Gasteiger partial charge in [0.05, 0.1) is 6.10 Å². The number of hydrogen-bond acceptors (Lipinski definition) is 3. The molecule has 0 radical (unpaired) electrons. The zero-order chi connectivity index (χ0) is 10.4. The van der Waals surface area contributed by atoms with Crippen LogP contribution < -0.4 is 5.32 Å². The largest absolute Gasteiger partial charge is 0.391 e. The van der Waals surface area contributed by atoms with Gasteiger partial charge in [-0.1, -0.05) is 12.1 Å². The highest BCUT2D eigenvalue weighted by molar-refractivity contribution is 7.99. The van der Waals surface area contributed by atoms with Gasteiger partial charge in [-0.05, 0) is 19.2 Å². The number of aliphatic hydroxyl groups excluding tert-OH is 1. The third-order valence-electron chi connectivity index (χ3n) is 1.71. The monoisotopic (exact) mass is 215 g/mol. The number of halogens is 1. The predicted molar refractivity (Wildman–Crippen MR) is 57.1 cm³/mol. The fraction of sp³-hybridized carbons (Fsp3) is 0.400. The molecule has 0 saturated carbocycles. The minimum Gasteiger partial charge on any atom is -0.391 e. The lowest BCUT2D eigenvalue weighted by molar-refractivity contribution is 0.199. The van der Waals surface area contributed by atoms with Gasteiger partial charge in [-0.2, -0.15) is 0 Å². The Balaban J connectivity index is 2.41. The van der Waals surface area contributed by atoms with E-state index < -0.39 is 6.10 Å². The molecule has 0 aliphatic rings. The average molecular weight is 215 g/mol. The van der Waals surface area contributed by atoms with E-state index >= 15 is 0 Å². The third kappa shape index (κ3) is 3.65. The summed E-state index contributed by atoms with van der Waals surface area (Å²) in [5.41, 5.74) is 0. The first-order chi connectivity index (χ1) is 6.74. The number of nitrogens with one attached hydrogen (secondary N) is 1. The van der Waals surface area contributed by atoms with Crippen LogP contribution in [-0.2, 0) is 0 Å². The van der Waals surface area contributed by atoms with Crippen LogP contribution in [0.1, 0.15) is 0 Å². The van der Waals surface area contributed by atoms with Gasteiger partial charge in [0, 0.05) is 17.2 Å². The van der Waals surface area contributed by atoms with Gasteiger partial charge in [0.25, 0.3) is 0 Å². The van der Waals surface area contributed by atoms with Crippen LogP contribution >= 0.6 is 11.8 Å². The number of thioether (sulfide) groups is 1. The van der Waals surface area contributed by atoms with Gasteiger partial charge in [0.15, 0.2) is 0 Å². The smallest absolute Gasteiger partial charge is 0.136 e. The van der Waals surface area contributed by atoms with Crippen LogP contribution in [0.25, 0.3) is 0 Å². The van der Waals surface area contributed by atoms with E-state index in [1.54, 1.807) is 25.2 Å². The molecule has 1 aromatic carbocycles. The van der Waals surface area contributed by atoms with E-state index in [4.69, 9.17) is 0 Å². The lowest BCUT2D eigenvalue weighted by Gasteiger charge is -2.09. The van der Waals surface area contributed by atoms with Crippen molar-refractivity contribution in [3.05, 3.63) is 30.1 Å². The van der Waals surface area contributed by atoms with Gasteiger partial charge in [-0.25, -0.2) is 4.39 Å². The first-order valence-corrected chi connectivity index (χ1v) is 5.42. The summed E-state index contributed by atoms with van der Waals surface area (Å²) in [6, 6.07) is 6.58. The van der Waals surface area contributed by atoms with Crippen molar-refractivity contribution in [2.24, 2.45) is 0 Å². The summed E-state index contributed by atoms with van der Waals surface area (Å²) in [4.78, 5) is 0.586. The zero-order valence-electron chi connectivity index (χ0n) is 8.03. The molecule has 0 aromatic heterocycles. The van der Waals surface area contributed by atoms with Gasteiger partial charge in [-0.15, -0.1) is 11.8 Å². The number of likely N-dealkylation sites (N-methyl/N-ethyl adjacent to an activating group) is 1. The van der Waals surface area contributed by atoms with E-state index in [9.17, 15) is 9.50 Å². The van der Waals surface area contributed by atoms with E-state index in [2.05, 4.69) is 5.32 Å². The molecule has 0 heterocycles. The van der Waals surface area contributed by atoms with Gasteiger partial charge in [-0.3, -0.25) is 0 Å². The fourth-order valence-corrected chi connectivity index (χ4v) is 1.91. The second kappa shape index (κ2) is 6.01. The molecule has 0 spiro atoms. The van der Waals surface area contributed by atoms with Crippen LogP contribution in [0.15, 0.2) is 29.2 Å². The minimum atomic E-state index is -0.440. The van der Waals surface area contributed by atoms with Crippen molar-refractivity contribution in [3.63, 3.8) is 0 Å². The first kappa shape index (κ1) is 11.5. The van der Waals surface area contributed by atoms with Crippen LogP contribution in [0.3, 0.4) is 0 Å². The molecule has 0 fully saturated rings. The molecular weight excluding hydrogens is 201 g/mol. The Bertz CT molecular complexity index is 283. The molecule has 1 aromatic rings. The Hall–Kier alpha value is -0.580. The summed E-state index contributed by atoms with van der Waals surface area (Å²) in [6.07, 6.45) is -0.440. The summed E-state index contributed by atoms with van der Waals surface area (Å²) in [6.45, 7) is 0.529. The number of rotatable bonds is 5. The summed E-state index contributed by atoms with van der Waals surface area (Å²) >= 11 is 1.33. The van der Waals surface area contributed by atoms with Crippen molar-refractivity contribution >= 4 is 11.8 Å². The maximum Gasteiger partial charge on any atom is 0.136 e. The molecule has 1 unspecified atom stereocenters. The van der Waals surface area contributed by atoms with Crippen molar-refractivity contribution in [3.8, 4) is 0 Å². The maximum absolute atomic E-state index is 13.1. The Labute approximate surface area is 87.5 Å². The first-order valence-electron chi connectivity index (χ1n) is 4.44. The molecule has 14 heavy (non-hydrogen) atoms. The van der Waals surface area contributed by atoms with Crippen molar-refractivity contribution < 1.29 is 9.50 Å². The molecule has 1 rings (SSSR count). The Morgan fingerprint density at radius 2 is 2.21 bits per heavy atom. The van der Waals surface area contributed by atoms with Crippen LogP contribution in [-0.4, -0.2) is 30.6 Å². The normalized spacial score (nSPS) is 12.8. The molecule has 0 aliphatic carbocycles. The lowest BCUT2D eigenvalue weighted by Crippen LogP contribution is -2.25. The molecule has 1 atom stereocenters. The second-order valence-electron chi connectivity index (χ2n) is 2.95. The topological polar surface area (TPSA) is 32.3 Å². The van der Waals surface area contributed by atoms with E-state index in [0.717, 1.165) is 0 Å². The highest BCUT2D eigenvalue weighted by atomic mass is 32.2. The number of hydrogen-bond donors (Lipinski definition) is 2. The number of aliphatic hydroxyl groups is 1. The van der Waals surface area contributed by atoms with Crippen LogP contribution in [0.4, 0.5) is 4.39 Å². The fourth-order valence-electron chi connectivity index (χ4n) is 1.04. The SMILES string of the molecule is CNCC(O)CSc1ccccc1F. The summed E-state index contributed by atoms with van der Waals surface area (Å²) in [5, 5.41) is 12.3. The maximum atomic E-state index is 13.1. The summed E-state index contributed by atoms with van der Waals surface area (Å²) in [7, 11) is 1.77. The zero-order valence-corrected chi connectivity index (χ0v) is 8.85. The highest BCUT2D eigenvalue weighted by Gasteiger charge is 2.06. The summed E-state index contributed by atoms with van der Waals surface area (Å²) < 4.78 is 13.1. The molecule has 2 N–H and O–H groups in total. The highest BCUT2D eigenvalue weighted by Crippen LogP contribution is 2.21. The molecule has 2 nitrogen and oxygen atoms in total. The van der Waals surface area contributed by atoms with Crippen LogP contribution in [0.2, 0.25) is 0 Å². The Morgan fingerprint density at radius 3 is 2.86 bits per heavy atom. The molecule has 0 amide bonds. The van der Waals surface area contributed by atoms with Gasteiger partial charge >= 0.3 is 0 Å². The second-order valence-corrected chi connectivity index (χ2v) is 4.01. The van der Waals surface area contributed by atoms with E-state index in [-0.39, 0.29) is 5.82 Å². The molecule has 4 heteroatoms.